The van der Waals surface area contributed by atoms with Crippen molar-refractivity contribution < 1.29 is 14.3 Å². The molecule has 0 radical (unpaired) electrons. The van der Waals surface area contributed by atoms with Crippen molar-refractivity contribution in [1.29, 1.82) is 0 Å². The normalized spacial score (nSPS) is 18.3. The average molecular weight is 391 g/mol. The van der Waals surface area contributed by atoms with Gasteiger partial charge in [0, 0.05) is 43.9 Å². The van der Waals surface area contributed by atoms with Crippen LogP contribution in [0.3, 0.4) is 0 Å². The predicted molar refractivity (Wildman–Crippen MR) is 108 cm³/mol. The number of amides is 1. The number of carbonyl (C=O) groups is 1. The van der Waals surface area contributed by atoms with Crippen molar-refractivity contribution in [2.45, 2.75) is 6.42 Å². The minimum absolute atomic E-state index is 0.0666. The van der Waals surface area contributed by atoms with Crippen molar-refractivity contribution in [2.75, 3.05) is 38.3 Å². The topological polar surface area (TPSA) is 89.5 Å². The third-order valence-electron chi connectivity index (χ3n) is 5.26. The van der Waals surface area contributed by atoms with Gasteiger partial charge in [0.2, 0.25) is 11.8 Å². The Morgan fingerprint density at radius 2 is 2.28 bits per heavy atom. The minimum Gasteiger partial charge on any atom is -0.488 e. The molecule has 1 N–H and O–H groups in total. The highest BCUT2D eigenvalue weighted by Crippen LogP contribution is 2.34. The maximum atomic E-state index is 11.4. The Hall–Kier alpha value is -3.42. The van der Waals surface area contributed by atoms with E-state index in [0.717, 1.165) is 40.3 Å². The van der Waals surface area contributed by atoms with Gasteiger partial charge in [0.05, 0.1) is 29.7 Å². The Balaban J connectivity index is 1.50. The van der Waals surface area contributed by atoms with Gasteiger partial charge >= 0.3 is 0 Å². The lowest BCUT2D eigenvalue weighted by Gasteiger charge is -2.26. The first-order valence-electron chi connectivity index (χ1n) is 9.67. The Morgan fingerprint density at radius 1 is 1.34 bits per heavy atom. The van der Waals surface area contributed by atoms with Crippen LogP contribution in [-0.4, -0.2) is 54.2 Å². The van der Waals surface area contributed by atoms with Gasteiger partial charge < -0.3 is 19.7 Å². The number of hydrogen-bond acceptors (Lipinski definition) is 7. The van der Waals surface area contributed by atoms with Crippen LogP contribution in [0.15, 0.2) is 36.7 Å². The van der Waals surface area contributed by atoms with Gasteiger partial charge in [-0.15, -0.1) is 0 Å². The van der Waals surface area contributed by atoms with Gasteiger partial charge in [0.1, 0.15) is 6.61 Å². The summed E-state index contributed by atoms with van der Waals surface area (Å²) in [6.07, 6.45) is 4.03. The van der Waals surface area contributed by atoms with Crippen LogP contribution in [0.1, 0.15) is 6.42 Å². The van der Waals surface area contributed by atoms with E-state index in [4.69, 9.17) is 14.5 Å². The molecule has 1 amide bonds. The van der Waals surface area contributed by atoms with Crippen molar-refractivity contribution in [2.24, 2.45) is 5.92 Å². The highest BCUT2D eigenvalue weighted by molar-refractivity contribution is 5.87. The fourth-order valence-corrected chi connectivity index (χ4v) is 3.65. The van der Waals surface area contributed by atoms with Gasteiger partial charge in [0.25, 0.3) is 0 Å². The van der Waals surface area contributed by atoms with Crippen LogP contribution in [-0.2, 0) is 4.79 Å². The molecule has 2 aliphatic rings. The lowest BCUT2D eigenvalue weighted by Crippen LogP contribution is -2.29. The molecule has 0 aromatic carbocycles. The lowest BCUT2D eigenvalue weighted by atomic mass is 10.1. The molecular weight excluding hydrogens is 370 g/mol. The highest BCUT2D eigenvalue weighted by atomic mass is 16.5. The van der Waals surface area contributed by atoms with Gasteiger partial charge in [-0.1, -0.05) is 0 Å². The van der Waals surface area contributed by atoms with E-state index in [9.17, 15) is 4.79 Å². The first-order chi connectivity index (χ1) is 14.2. The van der Waals surface area contributed by atoms with Crippen molar-refractivity contribution in [3.63, 3.8) is 0 Å². The van der Waals surface area contributed by atoms with E-state index in [0.29, 0.717) is 32.1 Å². The number of anilines is 1. The minimum atomic E-state index is 0.0666. The molecule has 1 saturated heterocycles. The summed E-state index contributed by atoms with van der Waals surface area (Å²) in [4.78, 5) is 27.3. The summed E-state index contributed by atoms with van der Waals surface area (Å²) in [5.41, 5.74) is 2.36. The number of likely N-dealkylation sites (N-methyl/N-ethyl adjacent to an activating group) is 1. The number of fused-ring (bicyclic) bond motifs is 2. The number of ether oxygens (including phenoxy) is 2. The van der Waals surface area contributed by atoms with Gasteiger partial charge in [-0.2, -0.15) is 0 Å². The molecule has 0 aliphatic carbocycles. The van der Waals surface area contributed by atoms with Gasteiger partial charge in [-0.05, 0) is 24.3 Å². The average Bonchev–Trinajstić information content (AvgIpc) is 3.17. The fourth-order valence-electron chi connectivity index (χ4n) is 3.65. The summed E-state index contributed by atoms with van der Waals surface area (Å²) in [6, 6.07) is 7.69. The maximum absolute atomic E-state index is 11.4. The number of rotatable bonds is 4. The Labute approximate surface area is 167 Å². The van der Waals surface area contributed by atoms with Crippen LogP contribution in [0.2, 0.25) is 0 Å². The second kappa shape index (κ2) is 7.20. The summed E-state index contributed by atoms with van der Waals surface area (Å²) >= 11 is 0. The summed E-state index contributed by atoms with van der Waals surface area (Å²) in [5.74, 6) is 2.30. The van der Waals surface area contributed by atoms with Crippen LogP contribution in [0.5, 0.6) is 11.6 Å². The van der Waals surface area contributed by atoms with E-state index in [-0.39, 0.29) is 11.8 Å². The van der Waals surface area contributed by atoms with Crippen molar-refractivity contribution >= 4 is 22.6 Å². The number of nitrogens with one attached hydrogen (secondary N) is 1. The zero-order valence-electron chi connectivity index (χ0n) is 16.1. The van der Waals surface area contributed by atoms with E-state index < -0.39 is 0 Å². The SMILES string of the molecule is CN1CCOc2cc(-c3cc4ncccc4c(OC[C@H]4CNC(=O)C4)n3)cnc21. The first kappa shape index (κ1) is 17.7. The standard InChI is InChI=1S/C21H21N5O3/c1-26-5-6-28-18-8-14(11-24-20(18)26)16-9-17-15(3-2-4-22-17)21(25-16)29-12-13-7-19(27)23-10-13/h2-4,8-9,11,13H,5-7,10,12H2,1H3,(H,23,27)/t13-/m1/s1. The van der Waals surface area contributed by atoms with Gasteiger partial charge in [-0.3, -0.25) is 9.78 Å². The molecule has 8 heteroatoms. The summed E-state index contributed by atoms with van der Waals surface area (Å²) in [6.45, 7) is 2.50. The Kier molecular flexibility index (Phi) is 4.38. The van der Waals surface area contributed by atoms with Gasteiger partial charge in [-0.25, -0.2) is 9.97 Å². The molecule has 148 valence electrons. The summed E-state index contributed by atoms with van der Waals surface area (Å²) in [5, 5.41) is 3.68. The van der Waals surface area contributed by atoms with E-state index in [1.54, 1.807) is 12.4 Å². The quantitative estimate of drug-likeness (QED) is 0.728. The molecule has 0 spiro atoms. The van der Waals surface area contributed by atoms with Crippen molar-refractivity contribution in [1.82, 2.24) is 20.3 Å². The second-order valence-electron chi connectivity index (χ2n) is 7.38. The first-order valence-corrected chi connectivity index (χ1v) is 9.67. The smallest absolute Gasteiger partial charge is 0.223 e. The number of pyridine rings is 3. The molecule has 3 aromatic heterocycles. The molecule has 1 atom stereocenters. The summed E-state index contributed by atoms with van der Waals surface area (Å²) in [7, 11) is 2.00. The third kappa shape index (κ3) is 3.41. The molecule has 0 bridgehead atoms. The molecule has 0 unspecified atom stereocenters. The van der Waals surface area contributed by atoms with Crippen LogP contribution < -0.4 is 19.7 Å². The second-order valence-corrected chi connectivity index (χ2v) is 7.38. The molecule has 29 heavy (non-hydrogen) atoms. The Morgan fingerprint density at radius 3 is 3.14 bits per heavy atom. The van der Waals surface area contributed by atoms with Crippen LogP contribution in [0.25, 0.3) is 22.2 Å². The summed E-state index contributed by atoms with van der Waals surface area (Å²) < 4.78 is 11.8. The molecule has 1 fully saturated rings. The zero-order valence-corrected chi connectivity index (χ0v) is 16.1. The van der Waals surface area contributed by atoms with E-state index >= 15 is 0 Å². The maximum Gasteiger partial charge on any atom is 0.223 e. The number of hydrogen-bond donors (Lipinski definition) is 1. The highest BCUT2D eigenvalue weighted by Gasteiger charge is 2.23. The number of nitrogens with zero attached hydrogens (tertiary/aromatic N) is 4. The Bertz CT molecular complexity index is 1090. The van der Waals surface area contributed by atoms with Crippen LogP contribution in [0, 0.1) is 5.92 Å². The zero-order chi connectivity index (χ0) is 19.8. The monoisotopic (exact) mass is 391 g/mol. The van der Waals surface area contributed by atoms with Crippen molar-refractivity contribution in [3.05, 3.63) is 36.7 Å². The molecule has 2 aliphatic heterocycles. The molecule has 0 saturated carbocycles. The van der Waals surface area contributed by atoms with E-state index in [1.807, 2.05) is 31.3 Å². The van der Waals surface area contributed by atoms with E-state index in [1.165, 1.54) is 0 Å². The molecule has 3 aromatic rings. The number of carbonyl (C=O) groups excluding carboxylic acids is 1. The largest absolute Gasteiger partial charge is 0.488 e. The number of aromatic nitrogens is 3. The third-order valence-corrected chi connectivity index (χ3v) is 5.26. The predicted octanol–water partition coefficient (Wildman–Crippen LogP) is 2.04. The lowest BCUT2D eigenvalue weighted by molar-refractivity contribution is -0.119. The molecule has 5 rings (SSSR count). The molecular formula is C21H21N5O3. The molecule has 5 heterocycles. The van der Waals surface area contributed by atoms with Gasteiger partial charge in [0.15, 0.2) is 11.6 Å². The van der Waals surface area contributed by atoms with Crippen LogP contribution >= 0.6 is 0 Å². The van der Waals surface area contributed by atoms with E-state index in [2.05, 4.69) is 20.2 Å². The molecule has 8 nitrogen and oxygen atoms in total. The fraction of sp³-hybridized carbons (Fsp3) is 0.333. The van der Waals surface area contributed by atoms with Crippen LogP contribution in [0.4, 0.5) is 5.82 Å². The van der Waals surface area contributed by atoms with Crippen molar-refractivity contribution in [3.8, 4) is 22.9 Å².